The van der Waals surface area contributed by atoms with E-state index in [0.29, 0.717) is 17.3 Å². The van der Waals surface area contributed by atoms with Crippen LogP contribution >= 0.6 is 22.7 Å². The molecule has 4 heterocycles. The Hall–Kier alpha value is -1.97. The van der Waals surface area contributed by atoms with Gasteiger partial charge in [-0.15, -0.1) is 11.3 Å². The normalized spacial score (nSPS) is 16.7. The van der Waals surface area contributed by atoms with Crippen LogP contribution in [0.25, 0.3) is 4.96 Å². The quantitative estimate of drug-likeness (QED) is 0.535. The van der Waals surface area contributed by atoms with Gasteiger partial charge in [0.05, 0.1) is 6.04 Å². The van der Waals surface area contributed by atoms with Gasteiger partial charge in [0.2, 0.25) is 5.82 Å². The predicted octanol–water partition coefficient (Wildman–Crippen LogP) is 3.61. The van der Waals surface area contributed by atoms with Gasteiger partial charge in [0, 0.05) is 16.8 Å². The van der Waals surface area contributed by atoms with Crippen molar-refractivity contribution in [2.24, 2.45) is 0 Å². The van der Waals surface area contributed by atoms with Gasteiger partial charge in [0.25, 0.3) is 4.96 Å². The van der Waals surface area contributed by atoms with Crippen molar-refractivity contribution < 1.29 is 4.92 Å². The number of hydrogen-bond donors (Lipinski definition) is 1. The summed E-state index contributed by atoms with van der Waals surface area (Å²) < 4.78 is 1.53. The highest BCUT2D eigenvalue weighted by Gasteiger charge is 2.27. The zero-order valence-corrected chi connectivity index (χ0v) is 14.6. The van der Waals surface area contributed by atoms with E-state index in [0.717, 1.165) is 13.1 Å². The molecule has 1 N–H and O–H groups in total. The molecule has 1 aliphatic heterocycles. The molecule has 1 atom stereocenters. The molecule has 0 saturated carbocycles. The van der Waals surface area contributed by atoms with Crippen LogP contribution in [0.3, 0.4) is 0 Å². The summed E-state index contributed by atoms with van der Waals surface area (Å²) in [5, 5.41) is 18.5. The zero-order chi connectivity index (χ0) is 16.5. The number of imidazole rings is 1. The first-order valence-corrected chi connectivity index (χ1v) is 9.61. The second-order valence-corrected chi connectivity index (χ2v) is 7.60. The smallest absolute Gasteiger partial charge is 0.361 e. The van der Waals surface area contributed by atoms with Crippen molar-refractivity contribution in [2.45, 2.75) is 18.9 Å². The molecular weight excluding hydrogens is 346 g/mol. The number of likely N-dealkylation sites (tertiary alicyclic amines) is 1. The SMILES string of the molecule is O=[N+]([O-])c1c(NCC(c2cccs2)N2CCCC2)nc2sccn12. The minimum absolute atomic E-state index is 0.0117. The number of thiophene rings is 1. The highest BCUT2D eigenvalue weighted by Crippen LogP contribution is 2.31. The number of anilines is 1. The van der Waals surface area contributed by atoms with Crippen molar-refractivity contribution >= 4 is 39.3 Å². The molecule has 126 valence electrons. The third-order valence-corrected chi connectivity index (χ3v) is 6.06. The summed E-state index contributed by atoms with van der Waals surface area (Å²) in [6.07, 6.45) is 4.11. The monoisotopic (exact) mass is 363 g/mol. The maximum atomic E-state index is 11.4. The fourth-order valence-corrected chi connectivity index (χ4v) is 4.77. The maximum Gasteiger partial charge on any atom is 0.372 e. The molecule has 1 fully saturated rings. The van der Waals surface area contributed by atoms with Gasteiger partial charge in [-0.1, -0.05) is 17.4 Å². The molecule has 3 aromatic heterocycles. The number of rotatable bonds is 6. The molecule has 0 spiro atoms. The Kier molecular flexibility index (Phi) is 4.21. The number of aromatic nitrogens is 2. The minimum atomic E-state index is -0.370. The predicted molar refractivity (Wildman–Crippen MR) is 96.1 cm³/mol. The first-order valence-electron chi connectivity index (χ1n) is 7.85. The molecule has 0 radical (unpaired) electrons. The van der Waals surface area contributed by atoms with Crippen molar-refractivity contribution in [1.82, 2.24) is 14.3 Å². The Morgan fingerprint density at radius 3 is 2.88 bits per heavy atom. The lowest BCUT2D eigenvalue weighted by Crippen LogP contribution is -2.30. The first kappa shape index (κ1) is 15.6. The third-order valence-electron chi connectivity index (χ3n) is 4.33. The highest BCUT2D eigenvalue weighted by atomic mass is 32.1. The Morgan fingerprint density at radius 1 is 1.33 bits per heavy atom. The summed E-state index contributed by atoms with van der Waals surface area (Å²) in [5.41, 5.74) is 0. The zero-order valence-electron chi connectivity index (χ0n) is 12.9. The summed E-state index contributed by atoms with van der Waals surface area (Å²) in [5.74, 6) is 0.366. The molecule has 0 aromatic carbocycles. The van der Waals surface area contributed by atoms with Crippen LogP contribution in [0.1, 0.15) is 23.8 Å². The van der Waals surface area contributed by atoms with Crippen LogP contribution in [0.5, 0.6) is 0 Å². The lowest BCUT2D eigenvalue weighted by atomic mass is 10.2. The molecular formula is C15H17N5O2S2. The number of thiazole rings is 1. The first-order chi connectivity index (χ1) is 11.7. The van der Waals surface area contributed by atoms with E-state index in [9.17, 15) is 10.1 Å². The van der Waals surface area contributed by atoms with E-state index >= 15 is 0 Å². The molecule has 0 bridgehead atoms. The number of nitrogens with one attached hydrogen (secondary N) is 1. The minimum Gasteiger partial charge on any atom is -0.361 e. The van der Waals surface area contributed by atoms with Gasteiger partial charge in [-0.2, -0.15) is 9.38 Å². The van der Waals surface area contributed by atoms with Crippen LogP contribution in [0, 0.1) is 10.1 Å². The largest absolute Gasteiger partial charge is 0.372 e. The Balaban J connectivity index is 1.59. The Bertz CT molecular complexity index is 835. The average molecular weight is 363 g/mol. The molecule has 0 amide bonds. The molecule has 9 heteroatoms. The second kappa shape index (κ2) is 6.50. The van der Waals surface area contributed by atoms with Gasteiger partial charge in [-0.3, -0.25) is 4.90 Å². The van der Waals surface area contributed by atoms with Crippen LogP contribution in [-0.2, 0) is 0 Å². The summed E-state index contributed by atoms with van der Waals surface area (Å²) in [6, 6.07) is 4.42. The summed E-state index contributed by atoms with van der Waals surface area (Å²) in [4.78, 5) is 19.8. The van der Waals surface area contributed by atoms with E-state index < -0.39 is 0 Å². The van der Waals surface area contributed by atoms with E-state index in [1.165, 1.54) is 33.5 Å². The van der Waals surface area contributed by atoms with Crippen molar-refractivity contribution in [3.05, 3.63) is 44.1 Å². The average Bonchev–Trinajstić information content (AvgIpc) is 3.33. The number of nitrogens with zero attached hydrogens (tertiary/aromatic N) is 4. The fraction of sp³-hybridized carbons (Fsp3) is 0.400. The Labute approximate surface area is 146 Å². The number of fused-ring (bicyclic) bond motifs is 1. The van der Waals surface area contributed by atoms with Gasteiger partial charge < -0.3 is 15.4 Å². The van der Waals surface area contributed by atoms with Crippen molar-refractivity contribution in [2.75, 3.05) is 25.0 Å². The number of hydrogen-bond acceptors (Lipinski definition) is 7. The van der Waals surface area contributed by atoms with Crippen LogP contribution in [0.2, 0.25) is 0 Å². The van der Waals surface area contributed by atoms with Gasteiger partial charge in [-0.05, 0) is 42.3 Å². The molecule has 24 heavy (non-hydrogen) atoms. The van der Waals surface area contributed by atoms with Crippen molar-refractivity contribution in [1.29, 1.82) is 0 Å². The van der Waals surface area contributed by atoms with E-state index in [-0.39, 0.29) is 16.8 Å². The van der Waals surface area contributed by atoms with Crippen molar-refractivity contribution in [3.63, 3.8) is 0 Å². The summed E-state index contributed by atoms with van der Waals surface area (Å²) in [6.45, 7) is 2.77. The Morgan fingerprint density at radius 2 is 2.17 bits per heavy atom. The topological polar surface area (TPSA) is 75.7 Å². The van der Waals surface area contributed by atoms with Crippen LogP contribution in [0.4, 0.5) is 11.6 Å². The molecule has 1 aliphatic rings. The molecule has 1 unspecified atom stereocenters. The maximum absolute atomic E-state index is 11.4. The van der Waals surface area contributed by atoms with Gasteiger partial charge in [0.15, 0.2) is 0 Å². The third kappa shape index (κ3) is 2.79. The second-order valence-electron chi connectivity index (χ2n) is 5.75. The van der Waals surface area contributed by atoms with E-state index in [4.69, 9.17) is 0 Å². The molecule has 7 nitrogen and oxygen atoms in total. The van der Waals surface area contributed by atoms with Gasteiger partial charge in [-0.25, -0.2) is 0 Å². The molecule has 4 rings (SSSR count). The molecule has 1 saturated heterocycles. The lowest BCUT2D eigenvalue weighted by Gasteiger charge is -2.26. The standard InChI is InChI=1S/C15H17N5O2S2/c21-20(22)14-13(17-15-19(14)7-9-24-15)16-10-11(12-4-3-8-23-12)18-5-1-2-6-18/h3-4,7-9,11,16H,1-2,5-6,10H2. The fourth-order valence-electron chi connectivity index (χ4n) is 3.20. The summed E-state index contributed by atoms with van der Waals surface area (Å²) in [7, 11) is 0. The lowest BCUT2D eigenvalue weighted by molar-refractivity contribution is -0.389. The summed E-state index contributed by atoms with van der Waals surface area (Å²) >= 11 is 3.13. The van der Waals surface area contributed by atoms with Crippen LogP contribution < -0.4 is 5.32 Å². The number of nitro groups is 1. The van der Waals surface area contributed by atoms with E-state index in [2.05, 4.69) is 32.7 Å². The van der Waals surface area contributed by atoms with E-state index in [1.54, 1.807) is 22.9 Å². The molecule has 3 aromatic rings. The van der Waals surface area contributed by atoms with Crippen LogP contribution in [0.15, 0.2) is 29.1 Å². The highest BCUT2D eigenvalue weighted by molar-refractivity contribution is 7.15. The van der Waals surface area contributed by atoms with Crippen LogP contribution in [-0.4, -0.2) is 38.8 Å². The molecule has 0 aliphatic carbocycles. The van der Waals surface area contributed by atoms with Gasteiger partial charge >= 0.3 is 5.82 Å². The van der Waals surface area contributed by atoms with E-state index in [1.807, 2.05) is 0 Å². The van der Waals surface area contributed by atoms with Crippen molar-refractivity contribution in [3.8, 4) is 0 Å². The van der Waals surface area contributed by atoms with Gasteiger partial charge in [0.1, 0.15) is 6.20 Å².